The molecule has 156 valence electrons. The monoisotopic (exact) mass is 400 g/mol. The van der Waals surface area contributed by atoms with E-state index in [1.54, 1.807) is 7.05 Å². The van der Waals surface area contributed by atoms with Gasteiger partial charge in [-0.2, -0.15) is 4.98 Å². The normalized spacial score (nSPS) is 19.1. The van der Waals surface area contributed by atoms with Gasteiger partial charge in [-0.25, -0.2) is 4.79 Å². The van der Waals surface area contributed by atoms with Crippen LogP contribution in [0.3, 0.4) is 0 Å². The molecule has 9 heteroatoms. The molecule has 1 aliphatic heterocycles. The Labute approximate surface area is 168 Å². The third-order valence-corrected chi connectivity index (χ3v) is 6.50. The van der Waals surface area contributed by atoms with Crippen molar-refractivity contribution in [3.05, 3.63) is 32.7 Å². The molecule has 0 atom stereocenters. The highest BCUT2D eigenvalue weighted by Crippen LogP contribution is 2.32. The summed E-state index contributed by atoms with van der Waals surface area (Å²) in [6, 6.07) is 0.421. The Morgan fingerprint density at radius 1 is 1.14 bits per heavy atom. The van der Waals surface area contributed by atoms with Crippen LogP contribution in [-0.2, 0) is 18.3 Å². The van der Waals surface area contributed by atoms with Gasteiger partial charge in [-0.05, 0) is 19.8 Å². The van der Waals surface area contributed by atoms with Gasteiger partial charge in [-0.3, -0.25) is 23.2 Å². The molecule has 2 aliphatic rings. The van der Waals surface area contributed by atoms with E-state index in [-0.39, 0.29) is 11.2 Å². The van der Waals surface area contributed by atoms with Gasteiger partial charge in [0.2, 0.25) is 5.78 Å². The van der Waals surface area contributed by atoms with Crippen LogP contribution in [0, 0.1) is 6.92 Å². The molecule has 0 spiro atoms. The second kappa shape index (κ2) is 7.14. The van der Waals surface area contributed by atoms with Gasteiger partial charge in [-0.15, -0.1) is 0 Å². The first kappa shape index (κ1) is 18.6. The molecule has 4 heterocycles. The van der Waals surface area contributed by atoms with E-state index in [1.807, 2.05) is 10.6 Å². The number of fused-ring (bicyclic) bond motifs is 3. The first-order chi connectivity index (χ1) is 14.1. The van der Waals surface area contributed by atoms with Crippen molar-refractivity contribution in [1.29, 1.82) is 0 Å². The van der Waals surface area contributed by atoms with E-state index in [2.05, 4.69) is 16.4 Å². The Balaban J connectivity index is 1.62. The van der Waals surface area contributed by atoms with Crippen LogP contribution >= 0.6 is 0 Å². The summed E-state index contributed by atoms with van der Waals surface area (Å²) in [6.45, 7) is 6.16. The molecule has 0 unspecified atom stereocenters. The van der Waals surface area contributed by atoms with Crippen molar-refractivity contribution in [2.75, 3.05) is 32.8 Å². The van der Waals surface area contributed by atoms with Crippen LogP contribution in [0.1, 0.15) is 37.4 Å². The van der Waals surface area contributed by atoms with Gasteiger partial charge in [0.25, 0.3) is 5.56 Å². The molecule has 5 rings (SSSR count). The molecule has 29 heavy (non-hydrogen) atoms. The summed E-state index contributed by atoms with van der Waals surface area (Å²) in [4.78, 5) is 33.2. The van der Waals surface area contributed by atoms with Crippen molar-refractivity contribution in [1.82, 2.24) is 28.0 Å². The van der Waals surface area contributed by atoms with Crippen molar-refractivity contribution < 1.29 is 4.74 Å². The van der Waals surface area contributed by atoms with Gasteiger partial charge in [0, 0.05) is 51.2 Å². The predicted molar refractivity (Wildman–Crippen MR) is 110 cm³/mol. The number of aromatic nitrogens is 5. The maximum Gasteiger partial charge on any atom is 0.332 e. The van der Waals surface area contributed by atoms with E-state index < -0.39 is 0 Å². The number of ether oxygens (including phenoxy) is 1. The Morgan fingerprint density at radius 3 is 2.59 bits per heavy atom. The first-order valence-corrected chi connectivity index (χ1v) is 10.6. The Bertz CT molecular complexity index is 1170. The summed E-state index contributed by atoms with van der Waals surface area (Å²) in [5, 5.41) is 0. The second-order valence-electron chi connectivity index (χ2n) is 8.29. The summed E-state index contributed by atoms with van der Waals surface area (Å²) in [5.41, 5.74) is 1.50. The topological polar surface area (TPSA) is 78.7 Å². The quantitative estimate of drug-likeness (QED) is 0.650. The van der Waals surface area contributed by atoms with Gasteiger partial charge in [-0.1, -0.05) is 12.8 Å². The summed E-state index contributed by atoms with van der Waals surface area (Å²) in [5.74, 6) is 0.766. The molecule has 1 aliphatic carbocycles. The van der Waals surface area contributed by atoms with Gasteiger partial charge >= 0.3 is 5.69 Å². The lowest BCUT2D eigenvalue weighted by Gasteiger charge is -2.26. The van der Waals surface area contributed by atoms with Gasteiger partial charge in [0.05, 0.1) is 13.2 Å². The average Bonchev–Trinajstić information content (AvgIpc) is 3.42. The predicted octanol–water partition coefficient (Wildman–Crippen LogP) is 0.905. The van der Waals surface area contributed by atoms with Crippen LogP contribution in [0.25, 0.3) is 16.9 Å². The number of nitrogens with zero attached hydrogens (tertiary/aromatic N) is 6. The van der Waals surface area contributed by atoms with Crippen LogP contribution in [-0.4, -0.2) is 60.8 Å². The highest BCUT2D eigenvalue weighted by Gasteiger charge is 2.25. The zero-order chi connectivity index (χ0) is 20.1. The molecule has 0 N–H and O–H groups in total. The van der Waals surface area contributed by atoms with E-state index >= 15 is 0 Å². The Hall–Kier alpha value is -2.39. The molecule has 0 bridgehead atoms. The van der Waals surface area contributed by atoms with Crippen LogP contribution in [0.5, 0.6) is 0 Å². The Kier molecular flexibility index (Phi) is 4.59. The minimum absolute atomic E-state index is 0.257. The van der Waals surface area contributed by atoms with Crippen molar-refractivity contribution in [3.63, 3.8) is 0 Å². The van der Waals surface area contributed by atoms with E-state index in [1.165, 1.54) is 22.0 Å². The van der Waals surface area contributed by atoms with Crippen LogP contribution in [0.4, 0.5) is 0 Å². The number of rotatable bonds is 4. The lowest BCUT2D eigenvalue weighted by molar-refractivity contribution is 0.0361. The lowest BCUT2D eigenvalue weighted by Crippen LogP contribution is -2.44. The maximum absolute atomic E-state index is 13.3. The molecular weight excluding hydrogens is 372 g/mol. The van der Waals surface area contributed by atoms with E-state index in [0.29, 0.717) is 43.5 Å². The first-order valence-electron chi connectivity index (χ1n) is 10.6. The third kappa shape index (κ3) is 2.95. The summed E-state index contributed by atoms with van der Waals surface area (Å²) >= 11 is 0. The minimum atomic E-state index is -0.305. The minimum Gasteiger partial charge on any atom is -0.379 e. The zero-order valence-electron chi connectivity index (χ0n) is 17.1. The lowest BCUT2D eigenvalue weighted by atomic mass is 10.2. The highest BCUT2D eigenvalue weighted by molar-refractivity contribution is 5.75. The fourth-order valence-electron chi connectivity index (χ4n) is 4.90. The molecule has 1 saturated heterocycles. The summed E-state index contributed by atoms with van der Waals surface area (Å²) in [7, 11) is 1.70. The third-order valence-electron chi connectivity index (χ3n) is 6.50. The SMILES string of the molecule is Cc1cn2c3c(=O)n(CCN4CCOCC4)c(=O)n(C)c3nc2n1C1CCCC1. The largest absolute Gasteiger partial charge is 0.379 e. The van der Waals surface area contributed by atoms with Gasteiger partial charge in [0.15, 0.2) is 11.2 Å². The molecule has 0 amide bonds. The van der Waals surface area contributed by atoms with E-state index in [0.717, 1.165) is 37.4 Å². The molecular formula is C20H28N6O3. The van der Waals surface area contributed by atoms with E-state index in [4.69, 9.17) is 9.72 Å². The zero-order valence-corrected chi connectivity index (χ0v) is 17.1. The molecule has 9 nitrogen and oxygen atoms in total. The standard InChI is InChI=1S/C20H28N6O3/c1-14-13-25-16-17(21-19(25)26(14)15-5-3-4-6-15)22(2)20(28)24(18(16)27)8-7-23-9-11-29-12-10-23/h13,15H,3-12H2,1-2H3. The number of morpholine rings is 1. The fourth-order valence-corrected chi connectivity index (χ4v) is 4.90. The summed E-state index contributed by atoms with van der Waals surface area (Å²) < 4.78 is 12.4. The molecule has 3 aromatic rings. The number of aryl methyl sites for hydroxylation is 2. The van der Waals surface area contributed by atoms with Crippen LogP contribution in [0.2, 0.25) is 0 Å². The van der Waals surface area contributed by atoms with Crippen molar-refractivity contribution in [2.45, 2.75) is 45.2 Å². The van der Waals surface area contributed by atoms with Crippen molar-refractivity contribution >= 4 is 16.9 Å². The van der Waals surface area contributed by atoms with E-state index in [9.17, 15) is 9.59 Å². The summed E-state index contributed by atoms with van der Waals surface area (Å²) in [6.07, 6.45) is 6.71. The Morgan fingerprint density at radius 2 is 1.86 bits per heavy atom. The van der Waals surface area contributed by atoms with Gasteiger partial charge in [0.1, 0.15) is 0 Å². The molecule has 1 saturated carbocycles. The molecule has 0 radical (unpaired) electrons. The number of hydrogen-bond acceptors (Lipinski definition) is 5. The van der Waals surface area contributed by atoms with Gasteiger partial charge < -0.3 is 9.30 Å². The number of imidazole rings is 2. The van der Waals surface area contributed by atoms with Crippen LogP contribution in [0.15, 0.2) is 15.8 Å². The van der Waals surface area contributed by atoms with Crippen molar-refractivity contribution in [3.8, 4) is 0 Å². The molecule has 0 aromatic carbocycles. The van der Waals surface area contributed by atoms with Crippen LogP contribution < -0.4 is 11.2 Å². The highest BCUT2D eigenvalue weighted by atomic mass is 16.5. The van der Waals surface area contributed by atoms with Crippen molar-refractivity contribution in [2.24, 2.45) is 7.05 Å². The second-order valence-corrected chi connectivity index (χ2v) is 8.29. The molecule has 3 aromatic heterocycles. The maximum atomic E-state index is 13.3. The smallest absolute Gasteiger partial charge is 0.332 e. The molecule has 2 fully saturated rings. The fraction of sp³-hybridized carbons (Fsp3) is 0.650. The number of hydrogen-bond donors (Lipinski definition) is 0. The average molecular weight is 400 g/mol.